The summed E-state index contributed by atoms with van der Waals surface area (Å²) >= 11 is 3.46. The molecule has 0 heterocycles. The van der Waals surface area contributed by atoms with Gasteiger partial charge in [-0.1, -0.05) is 46.3 Å². The van der Waals surface area contributed by atoms with E-state index in [1.165, 1.54) is 0 Å². The Balaban J connectivity index is 1.97. The van der Waals surface area contributed by atoms with Gasteiger partial charge in [0.15, 0.2) is 0 Å². The molecule has 0 aliphatic heterocycles. The van der Waals surface area contributed by atoms with E-state index in [1.807, 2.05) is 56.3 Å². The maximum atomic E-state index is 11.8. The molecule has 0 bridgehead atoms. The highest BCUT2D eigenvalue weighted by Gasteiger charge is 2.08. The van der Waals surface area contributed by atoms with Crippen molar-refractivity contribution in [1.82, 2.24) is 0 Å². The fourth-order valence-electron chi connectivity index (χ4n) is 1.78. The number of nitrogens with one attached hydrogen (secondary N) is 1. The summed E-state index contributed by atoms with van der Waals surface area (Å²) in [5.74, 6) is 0. The molecule has 0 aliphatic rings. The molecule has 0 atom stereocenters. The standard InChI is InChI=1S/C16H16BrNO2/c1-11-9-15(12(2)8-14(11)17)18-16(19)20-10-13-6-4-3-5-7-13/h3-9H,10H2,1-2H3,(H,18,19). The molecule has 1 amide bonds. The normalized spacial score (nSPS) is 10.2. The lowest BCUT2D eigenvalue weighted by molar-refractivity contribution is 0.155. The average Bonchev–Trinajstić information content (AvgIpc) is 2.44. The first-order valence-corrected chi connectivity index (χ1v) is 7.10. The Labute approximate surface area is 127 Å². The summed E-state index contributed by atoms with van der Waals surface area (Å²) in [6.45, 7) is 4.18. The van der Waals surface area contributed by atoms with Gasteiger partial charge in [-0.15, -0.1) is 0 Å². The second-order valence-electron chi connectivity index (χ2n) is 4.60. The summed E-state index contributed by atoms with van der Waals surface area (Å²) in [5.41, 5.74) is 3.78. The summed E-state index contributed by atoms with van der Waals surface area (Å²) in [7, 11) is 0. The van der Waals surface area contributed by atoms with E-state index >= 15 is 0 Å². The Hall–Kier alpha value is -1.81. The van der Waals surface area contributed by atoms with Gasteiger partial charge in [0.1, 0.15) is 6.61 Å². The van der Waals surface area contributed by atoms with Crippen LogP contribution in [-0.2, 0) is 11.3 Å². The molecule has 0 spiro atoms. The number of carbonyl (C=O) groups is 1. The summed E-state index contributed by atoms with van der Waals surface area (Å²) < 4.78 is 6.22. The molecule has 0 aliphatic carbocycles. The zero-order chi connectivity index (χ0) is 14.5. The van der Waals surface area contributed by atoms with Gasteiger partial charge >= 0.3 is 6.09 Å². The maximum Gasteiger partial charge on any atom is 0.411 e. The van der Waals surface area contributed by atoms with Crippen LogP contribution in [0, 0.1) is 13.8 Å². The molecule has 0 fully saturated rings. The molecular formula is C16H16BrNO2. The first-order valence-electron chi connectivity index (χ1n) is 6.30. The Morgan fingerprint density at radius 2 is 1.85 bits per heavy atom. The van der Waals surface area contributed by atoms with Crippen molar-refractivity contribution in [2.24, 2.45) is 0 Å². The number of carbonyl (C=O) groups excluding carboxylic acids is 1. The quantitative estimate of drug-likeness (QED) is 0.874. The van der Waals surface area contributed by atoms with Crippen LogP contribution in [0.4, 0.5) is 10.5 Å². The lowest BCUT2D eigenvalue weighted by atomic mass is 10.1. The van der Waals surface area contributed by atoms with Crippen LogP contribution in [0.1, 0.15) is 16.7 Å². The fourth-order valence-corrected chi connectivity index (χ4v) is 2.24. The molecule has 20 heavy (non-hydrogen) atoms. The second kappa shape index (κ2) is 6.57. The molecule has 2 aromatic rings. The molecule has 2 rings (SSSR count). The molecule has 0 radical (unpaired) electrons. The topological polar surface area (TPSA) is 38.3 Å². The number of halogens is 1. The molecule has 3 nitrogen and oxygen atoms in total. The molecule has 104 valence electrons. The predicted molar refractivity (Wildman–Crippen MR) is 83.9 cm³/mol. The van der Waals surface area contributed by atoms with Crippen LogP contribution in [0.5, 0.6) is 0 Å². The monoisotopic (exact) mass is 333 g/mol. The fraction of sp³-hybridized carbons (Fsp3) is 0.188. The summed E-state index contributed by atoms with van der Waals surface area (Å²) in [6.07, 6.45) is -0.446. The second-order valence-corrected chi connectivity index (χ2v) is 5.46. The minimum absolute atomic E-state index is 0.265. The van der Waals surface area contributed by atoms with E-state index < -0.39 is 6.09 Å². The number of hydrogen-bond donors (Lipinski definition) is 1. The molecule has 0 saturated carbocycles. The van der Waals surface area contributed by atoms with E-state index in [0.717, 1.165) is 26.9 Å². The number of benzene rings is 2. The van der Waals surface area contributed by atoms with Gasteiger partial charge in [-0.25, -0.2) is 4.79 Å². The van der Waals surface area contributed by atoms with E-state index in [1.54, 1.807) is 0 Å². The van der Waals surface area contributed by atoms with Crippen LogP contribution >= 0.6 is 15.9 Å². The zero-order valence-electron chi connectivity index (χ0n) is 11.4. The van der Waals surface area contributed by atoms with Crippen LogP contribution in [-0.4, -0.2) is 6.09 Å². The largest absolute Gasteiger partial charge is 0.444 e. The SMILES string of the molecule is Cc1cc(NC(=O)OCc2ccccc2)c(C)cc1Br. The van der Waals surface area contributed by atoms with Crippen molar-refractivity contribution in [3.05, 3.63) is 63.6 Å². The highest BCUT2D eigenvalue weighted by molar-refractivity contribution is 9.10. The minimum atomic E-state index is -0.446. The van der Waals surface area contributed by atoms with Crippen molar-refractivity contribution in [2.45, 2.75) is 20.5 Å². The Morgan fingerprint density at radius 1 is 1.15 bits per heavy atom. The van der Waals surface area contributed by atoms with Crippen molar-refractivity contribution in [2.75, 3.05) is 5.32 Å². The van der Waals surface area contributed by atoms with E-state index in [9.17, 15) is 4.79 Å². The lowest BCUT2D eigenvalue weighted by Crippen LogP contribution is -2.14. The van der Waals surface area contributed by atoms with Gasteiger partial charge in [0.2, 0.25) is 0 Å². The molecule has 0 saturated heterocycles. The Bertz CT molecular complexity index is 611. The van der Waals surface area contributed by atoms with Crippen LogP contribution in [0.2, 0.25) is 0 Å². The summed E-state index contributed by atoms with van der Waals surface area (Å²) in [4.78, 5) is 11.8. The van der Waals surface area contributed by atoms with Crippen molar-refractivity contribution in [3.63, 3.8) is 0 Å². The number of ether oxygens (including phenoxy) is 1. The van der Waals surface area contributed by atoms with Crippen LogP contribution in [0.15, 0.2) is 46.9 Å². The Kier molecular flexibility index (Phi) is 4.79. The van der Waals surface area contributed by atoms with Gasteiger partial charge in [-0.3, -0.25) is 5.32 Å². The van der Waals surface area contributed by atoms with Crippen LogP contribution in [0.3, 0.4) is 0 Å². The number of anilines is 1. The zero-order valence-corrected chi connectivity index (χ0v) is 13.0. The average molecular weight is 334 g/mol. The van der Waals surface area contributed by atoms with Crippen molar-refractivity contribution in [1.29, 1.82) is 0 Å². The third-order valence-electron chi connectivity index (χ3n) is 2.96. The lowest BCUT2D eigenvalue weighted by Gasteiger charge is -2.11. The first-order chi connectivity index (χ1) is 9.56. The number of hydrogen-bond acceptors (Lipinski definition) is 2. The summed E-state index contributed by atoms with van der Waals surface area (Å²) in [5, 5.41) is 2.77. The van der Waals surface area contributed by atoms with Gasteiger partial charge in [-0.2, -0.15) is 0 Å². The van der Waals surface area contributed by atoms with E-state index in [-0.39, 0.29) is 6.61 Å². The third kappa shape index (κ3) is 3.84. The van der Waals surface area contributed by atoms with Gasteiger partial charge in [-0.05, 0) is 42.7 Å². The van der Waals surface area contributed by atoms with E-state index in [2.05, 4.69) is 21.2 Å². The van der Waals surface area contributed by atoms with E-state index in [0.29, 0.717) is 0 Å². The van der Waals surface area contributed by atoms with Gasteiger partial charge in [0, 0.05) is 10.2 Å². The highest BCUT2D eigenvalue weighted by Crippen LogP contribution is 2.24. The predicted octanol–water partition coefficient (Wildman–Crippen LogP) is 4.81. The number of rotatable bonds is 3. The molecule has 4 heteroatoms. The van der Waals surface area contributed by atoms with Crippen LogP contribution < -0.4 is 5.32 Å². The molecule has 2 aromatic carbocycles. The molecule has 0 unspecified atom stereocenters. The van der Waals surface area contributed by atoms with Gasteiger partial charge in [0.05, 0.1) is 0 Å². The molecule has 0 aromatic heterocycles. The number of aryl methyl sites for hydroxylation is 2. The summed E-state index contributed by atoms with van der Waals surface area (Å²) in [6, 6.07) is 13.5. The first kappa shape index (κ1) is 14.6. The maximum absolute atomic E-state index is 11.8. The smallest absolute Gasteiger partial charge is 0.411 e. The number of amides is 1. The minimum Gasteiger partial charge on any atom is -0.444 e. The van der Waals surface area contributed by atoms with Crippen molar-refractivity contribution >= 4 is 27.7 Å². The van der Waals surface area contributed by atoms with Crippen LogP contribution in [0.25, 0.3) is 0 Å². The third-order valence-corrected chi connectivity index (χ3v) is 3.81. The van der Waals surface area contributed by atoms with Gasteiger partial charge in [0.25, 0.3) is 0 Å². The van der Waals surface area contributed by atoms with Crippen molar-refractivity contribution < 1.29 is 9.53 Å². The Morgan fingerprint density at radius 3 is 2.55 bits per heavy atom. The van der Waals surface area contributed by atoms with Gasteiger partial charge < -0.3 is 4.74 Å². The molecule has 1 N–H and O–H groups in total. The highest BCUT2D eigenvalue weighted by atomic mass is 79.9. The van der Waals surface area contributed by atoms with Crippen molar-refractivity contribution in [3.8, 4) is 0 Å². The molecular weight excluding hydrogens is 318 g/mol. The van der Waals surface area contributed by atoms with E-state index in [4.69, 9.17) is 4.74 Å².